The van der Waals surface area contributed by atoms with Crippen LogP contribution in [-0.2, 0) is 14.4 Å². The molecule has 3 aliphatic heterocycles. The Balaban J connectivity index is 1.33. The summed E-state index contributed by atoms with van der Waals surface area (Å²) in [5, 5.41) is 2.44. The molecule has 4 amide bonds. The molecule has 152 valence electrons. The van der Waals surface area contributed by atoms with E-state index in [-0.39, 0.29) is 40.9 Å². The van der Waals surface area contributed by atoms with Crippen LogP contribution in [-0.4, -0.2) is 62.5 Å². The van der Waals surface area contributed by atoms with Crippen LogP contribution in [0.5, 0.6) is 0 Å². The van der Waals surface area contributed by atoms with Gasteiger partial charge in [-0.1, -0.05) is 30.3 Å². The molecule has 29 heavy (non-hydrogen) atoms. The van der Waals surface area contributed by atoms with Crippen molar-refractivity contribution in [2.45, 2.75) is 30.7 Å². The zero-order valence-electron chi connectivity index (χ0n) is 15.9. The summed E-state index contributed by atoms with van der Waals surface area (Å²) in [6.07, 6.45) is 2.92. The lowest BCUT2D eigenvalue weighted by atomic mass is 10.2. The quantitative estimate of drug-likeness (QED) is 0.720. The van der Waals surface area contributed by atoms with Crippen LogP contribution in [0.3, 0.4) is 0 Å². The molecule has 1 aromatic rings. The third-order valence-corrected chi connectivity index (χ3v) is 7.77. The summed E-state index contributed by atoms with van der Waals surface area (Å²) in [7, 11) is 0. The van der Waals surface area contributed by atoms with Gasteiger partial charge in [-0.3, -0.25) is 24.1 Å². The average Bonchev–Trinajstić information content (AvgIpc) is 3.29. The third-order valence-electron chi connectivity index (χ3n) is 5.35. The maximum Gasteiger partial charge on any atom is 0.293 e. The number of carbonyl (C=O) groups is 4. The smallest absolute Gasteiger partial charge is 0.293 e. The molecule has 0 bridgehead atoms. The summed E-state index contributed by atoms with van der Waals surface area (Å²) in [5.41, 5.74) is 0.850. The highest BCUT2D eigenvalue weighted by Gasteiger charge is 2.52. The van der Waals surface area contributed by atoms with Gasteiger partial charge in [0.25, 0.3) is 11.1 Å². The molecule has 4 rings (SSSR count). The first-order valence-electron chi connectivity index (χ1n) is 9.43. The van der Waals surface area contributed by atoms with Gasteiger partial charge in [-0.15, -0.1) is 11.8 Å². The van der Waals surface area contributed by atoms with Gasteiger partial charge < -0.3 is 10.2 Å². The van der Waals surface area contributed by atoms with Gasteiger partial charge in [0.1, 0.15) is 6.04 Å². The lowest BCUT2D eigenvalue weighted by molar-refractivity contribution is -0.137. The number of rotatable bonds is 5. The van der Waals surface area contributed by atoms with Gasteiger partial charge in [-0.05, 0) is 36.7 Å². The van der Waals surface area contributed by atoms with E-state index in [1.165, 1.54) is 0 Å². The first-order valence-corrected chi connectivity index (χ1v) is 11.2. The topological polar surface area (TPSA) is 86.8 Å². The SMILES string of the molecule is CC12CCC(=O)N1C(C(=O)NCCN1C(=O)S/C(=C\c3ccccc3)C1=O)CS2. The van der Waals surface area contributed by atoms with Crippen molar-refractivity contribution >= 4 is 52.6 Å². The van der Waals surface area contributed by atoms with Crippen molar-refractivity contribution in [3.05, 3.63) is 40.8 Å². The fourth-order valence-electron chi connectivity index (χ4n) is 3.82. The second-order valence-corrected chi connectivity index (χ2v) is 9.80. The maximum absolute atomic E-state index is 12.6. The van der Waals surface area contributed by atoms with E-state index in [0.717, 1.165) is 28.6 Å². The minimum absolute atomic E-state index is 0.00893. The monoisotopic (exact) mass is 431 g/mol. The second kappa shape index (κ2) is 7.87. The largest absolute Gasteiger partial charge is 0.352 e. The van der Waals surface area contributed by atoms with E-state index < -0.39 is 6.04 Å². The summed E-state index contributed by atoms with van der Waals surface area (Å²) in [5.74, 6) is -0.00938. The summed E-state index contributed by atoms with van der Waals surface area (Å²) >= 11 is 2.53. The lowest BCUT2D eigenvalue weighted by Crippen LogP contribution is -2.51. The summed E-state index contributed by atoms with van der Waals surface area (Å²) in [4.78, 5) is 52.4. The minimum atomic E-state index is -0.493. The van der Waals surface area contributed by atoms with E-state index in [2.05, 4.69) is 5.32 Å². The number of nitrogens with zero attached hydrogens (tertiary/aromatic N) is 2. The Morgan fingerprint density at radius 2 is 2.03 bits per heavy atom. The van der Waals surface area contributed by atoms with Gasteiger partial charge in [0.15, 0.2) is 0 Å². The van der Waals surface area contributed by atoms with Crippen molar-refractivity contribution in [1.29, 1.82) is 0 Å². The molecule has 2 atom stereocenters. The van der Waals surface area contributed by atoms with Crippen LogP contribution in [0.4, 0.5) is 4.79 Å². The molecule has 3 saturated heterocycles. The molecule has 3 fully saturated rings. The van der Waals surface area contributed by atoms with Crippen LogP contribution < -0.4 is 5.32 Å². The molecule has 9 heteroatoms. The van der Waals surface area contributed by atoms with Crippen LogP contribution in [0, 0.1) is 0 Å². The Bertz CT molecular complexity index is 904. The average molecular weight is 432 g/mol. The first kappa shape index (κ1) is 20.0. The predicted molar refractivity (Wildman–Crippen MR) is 113 cm³/mol. The highest BCUT2D eigenvalue weighted by atomic mass is 32.2. The van der Waals surface area contributed by atoms with Crippen LogP contribution in [0.2, 0.25) is 0 Å². The van der Waals surface area contributed by atoms with Crippen molar-refractivity contribution in [1.82, 2.24) is 15.1 Å². The lowest BCUT2D eigenvalue weighted by Gasteiger charge is -2.29. The number of benzene rings is 1. The van der Waals surface area contributed by atoms with Crippen LogP contribution in [0.25, 0.3) is 6.08 Å². The van der Waals surface area contributed by atoms with Gasteiger partial charge in [0, 0.05) is 25.3 Å². The molecule has 7 nitrogen and oxygen atoms in total. The Morgan fingerprint density at radius 3 is 2.79 bits per heavy atom. The number of imide groups is 1. The summed E-state index contributed by atoms with van der Waals surface area (Å²) in [6.45, 7) is 2.26. The van der Waals surface area contributed by atoms with E-state index in [9.17, 15) is 19.2 Å². The van der Waals surface area contributed by atoms with Crippen LogP contribution >= 0.6 is 23.5 Å². The molecule has 0 spiro atoms. The van der Waals surface area contributed by atoms with Gasteiger partial charge in [-0.25, -0.2) is 0 Å². The molecule has 0 saturated carbocycles. The van der Waals surface area contributed by atoms with Crippen molar-refractivity contribution in [2.24, 2.45) is 0 Å². The number of fused-ring (bicyclic) bond motifs is 1. The van der Waals surface area contributed by atoms with Gasteiger partial charge in [0.2, 0.25) is 11.8 Å². The molecule has 2 unspecified atom stereocenters. The molecule has 0 aliphatic carbocycles. The Morgan fingerprint density at radius 1 is 1.28 bits per heavy atom. The normalized spacial score (nSPS) is 27.8. The highest BCUT2D eigenvalue weighted by molar-refractivity contribution is 8.18. The van der Waals surface area contributed by atoms with Crippen molar-refractivity contribution in [2.75, 3.05) is 18.8 Å². The van der Waals surface area contributed by atoms with Crippen LogP contribution in [0.1, 0.15) is 25.3 Å². The van der Waals surface area contributed by atoms with Crippen molar-refractivity contribution in [3.8, 4) is 0 Å². The van der Waals surface area contributed by atoms with E-state index >= 15 is 0 Å². The number of hydrogen-bond donors (Lipinski definition) is 1. The Hall–Kier alpha value is -2.26. The first-order chi connectivity index (χ1) is 13.9. The number of nitrogens with one attached hydrogen (secondary N) is 1. The van der Waals surface area contributed by atoms with Crippen molar-refractivity contribution < 1.29 is 19.2 Å². The summed E-state index contributed by atoms with van der Waals surface area (Å²) in [6, 6.07) is 8.84. The fourth-order valence-corrected chi connectivity index (χ4v) is 6.11. The maximum atomic E-state index is 12.6. The fraction of sp³-hybridized carbons (Fsp3) is 0.400. The molecule has 0 radical (unpaired) electrons. The highest BCUT2D eigenvalue weighted by Crippen LogP contribution is 2.47. The van der Waals surface area contributed by atoms with Gasteiger partial charge in [-0.2, -0.15) is 0 Å². The Kier molecular flexibility index (Phi) is 5.44. The number of hydrogen-bond acceptors (Lipinski definition) is 6. The van der Waals surface area contributed by atoms with Crippen LogP contribution in [0.15, 0.2) is 35.2 Å². The molecule has 0 aromatic heterocycles. The second-order valence-electron chi connectivity index (χ2n) is 7.30. The molecule has 1 N–H and O–H groups in total. The van der Waals surface area contributed by atoms with E-state index in [4.69, 9.17) is 0 Å². The summed E-state index contributed by atoms with van der Waals surface area (Å²) < 4.78 is 0. The van der Waals surface area contributed by atoms with E-state index in [1.807, 2.05) is 37.3 Å². The minimum Gasteiger partial charge on any atom is -0.352 e. The molecule has 1 aromatic carbocycles. The van der Waals surface area contributed by atoms with Gasteiger partial charge in [0.05, 0.1) is 9.78 Å². The molecule has 3 heterocycles. The third kappa shape index (κ3) is 3.81. The molecular formula is C20H21N3O4S2. The van der Waals surface area contributed by atoms with E-state index in [0.29, 0.717) is 17.1 Å². The number of amides is 4. The Labute approximate surface area is 177 Å². The van der Waals surface area contributed by atoms with Crippen molar-refractivity contribution in [3.63, 3.8) is 0 Å². The predicted octanol–water partition coefficient (Wildman–Crippen LogP) is 2.29. The number of carbonyl (C=O) groups excluding carboxylic acids is 4. The molecular weight excluding hydrogens is 410 g/mol. The zero-order chi connectivity index (χ0) is 20.6. The number of thioether (sulfide) groups is 2. The van der Waals surface area contributed by atoms with Gasteiger partial charge >= 0.3 is 0 Å². The molecule has 3 aliphatic rings. The zero-order valence-corrected chi connectivity index (χ0v) is 17.6. The van der Waals surface area contributed by atoms with E-state index in [1.54, 1.807) is 22.7 Å². The standard InChI is InChI=1S/C20H21N3O4S2/c1-20-8-7-16(24)23(20)14(12-28-20)17(25)21-9-10-22-18(26)15(29-19(22)27)11-13-5-3-2-4-6-13/h2-6,11,14H,7-10,12H2,1H3,(H,21,25)/b15-11-.